The third-order valence-corrected chi connectivity index (χ3v) is 1.49. The topological polar surface area (TPSA) is 43.1 Å². The normalized spacial score (nSPS) is 11.4. The Bertz CT molecular complexity index is 336. The van der Waals surface area contributed by atoms with Crippen LogP contribution in [0, 0.1) is 5.82 Å². The number of rotatable bonds is 2. The molecule has 2 N–H and O–H groups in total. The lowest BCUT2D eigenvalue weighted by molar-refractivity contribution is 0.104. The van der Waals surface area contributed by atoms with Gasteiger partial charge in [-0.3, -0.25) is 4.79 Å². The lowest BCUT2D eigenvalue weighted by atomic mass is 10.1. The molecule has 1 rings (SSSR count). The predicted molar refractivity (Wildman–Crippen MR) is 48.7 cm³/mol. The Hall–Kier alpha value is -1.64. The van der Waals surface area contributed by atoms with E-state index in [1.807, 2.05) is 0 Å². The highest BCUT2D eigenvalue weighted by Gasteiger charge is 2.01. The Morgan fingerprint density at radius 1 is 1.38 bits per heavy atom. The van der Waals surface area contributed by atoms with Gasteiger partial charge in [0.05, 0.1) is 0 Å². The summed E-state index contributed by atoms with van der Waals surface area (Å²) in [7, 11) is 0. The van der Waals surface area contributed by atoms with E-state index in [1.54, 1.807) is 6.92 Å². The Kier molecular flexibility index (Phi) is 2.80. The van der Waals surface area contributed by atoms with Crippen molar-refractivity contribution in [3.63, 3.8) is 0 Å². The molecule has 2 nitrogen and oxygen atoms in total. The van der Waals surface area contributed by atoms with Gasteiger partial charge in [-0.05, 0) is 31.2 Å². The highest BCUT2D eigenvalue weighted by atomic mass is 19.1. The van der Waals surface area contributed by atoms with E-state index in [0.717, 1.165) is 0 Å². The summed E-state index contributed by atoms with van der Waals surface area (Å²) < 4.78 is 12.5. The summed E-state index contributed by atoms with van der Waals surface area (Å²) in [6.07, 6.45) is 1.31. The second kappa shape index (κ2) is 3.85. The summed E-state index contributed by atoms with van der Waals surface area (Å²) in [5, 5.41) is 0. The molecule has 0 saturated heterocycles. The van der Waals surface area contributed by atoms with E-state index in [0.29, 0.717) is 11.3 Å². The average Bonchev–Trinajstić information content (AvgIpc) is 2.04. The van der Waals surface area contributed by atoms with Gasteiger partial charge in [-0.2, -0.15) is 0 Å². The molecule has 0 bridgehead atoms. The fourth-order valence-corrected chi connectivity index (χ4v) is 0.904. The molecule has 0 radical (unpaired) electrons. The van der Waals surface area contributed by atoms with Gasteiger partial charge < -0.3 is 5.73 Å². The van der Waals surface area contributed by atoms with Crippen molar-refractivity contribution in [3.8, 4) is 0 Å². The minimum atomic E-state index is -0.356. The molecule has 3 heteroatoms. The Labute approximate surface area is 75.9 Å². The van der Waals surface area contributed by atoms with Crippen LogP contribution in [-0.4, -0.2) is 5.78 Å². The Balaban J connectivity index is 2.90. The highest BCUT2D eigenvalue weighted by Crippen LogP contribution is 2.04. The molecule has 0 atom stereocenters. The van der Waals surface area contributed by atoms with Crippen molar-refractivity contribution in [2.75, 3.05) is 0 Å². The van der Waals surface area contributed by atoms with Crippen molar-refractivity contribution in [2.24, 2.45) is 5.73 Å². The van der Waals surface area contributed by atoms with E-state index in [2.05, 4.69) is 0 Å². The van der Waals surface area contributed by atoms with Crippen molar-refractivity contribution < 1.29 is 9.18 Å². The molecular formula is C10H10FNO. The maximum atomic E-state index is 12.5. The molecule has 68 valence electrons. The van der Waals surface area contributed by atoms with Gasteiger partial charge in [0, 0.05) is 17.3 Å². The predicted octanol–water partition coefficient (Wildman–Crippen LogP) is 1.87. The first-order valence-corrected chi connectivity index (χ1v) is 3.83. The van der Waals surface area contributed by atoms with Crippen LogP contribution in [0.15, 0.2) is 36.0 Å². The van der Waals surface area contributed by atoms with E-state index >= 15 is 0 Å². The fourth-order valence-electron chi connectivity index (χ4n) is 0.904. The van der Waals surface area contributed by atoms with Crippen LogP contribution in [-0.2, 0) is 0 Å². The number of hydrogen-bond donors (Lipinski definition) is 1. The zero-order valence-corrected chi connectivity index (χ0v) is 7.25. The standard InChI is InChI=1S/C10H10FNO/c1-7(12)6-10(13)8-2-4-9(11)5-3-8/h2-6H,12H2,1H3/b7-6+. The molecule has 0 heterocycles. The number of nitrogens with two attached hydrogens (primary N) is 1. The van der Waals surface area contributed by atoms with Gasteiger partial charge in [-0.15, -0.1) is 0 Å². The Morgan fingerprint density at radius 3 is 2.38 bits per heavy atom. The fraction of sp³-hybridized carbons (Fsp3) is 0.100. The largest absolute Gasteiger partial charge is 0.402 e. The number of benzene rings is 1. The molecule has 1 aromatic carbocycles. The monoisotopic (exact) mass is 179 g/mol. The smallest absolute Gasteiger partial charge is 0.187 e. The average molecular weight is 179 g/mol. The Morgan fingerprint density at radius 2 is 1.92 bits per heavy atom. The lowest BCUT2D eigenvalue weighted by Crippen LogP contribution is -1.99. The molecule has 0 aromatic heterocycles. The zero-order valence-electron chi connectivity index (χ0n) is 7.25. The van der Waals surface area contributed by atoms with Gasteiger partial charge in [0.15, 0.2) is 5.78 Å². The molecule has 0 spiro atoms. The van der Waals surface area contributed by atoms with Gasteiger partial charge >= 0.3 is 0 Å². The van der Waals surface area contributed by atoms with E-state index in [1.165, 1.54) is 30.3 Å². The second-order valence-corrected chi connectivity index (χ2v) is 2.76. The first kappa shape index (κ1) is 9.45. The number of allylic oxidation sites excluding steroid dienone is 2. The lowest BCUT2D eigenvalue weighted by Gasteiger charge is -1.95. The quantitative estimate of drug-likeness (QED) is 0.556. The molecule has 13 heavy (non-hydrogen) atoms. The van der Waals surface area contributed by atoms with Crippen LogP contribution in [0.25, 0.3) is 0 Å². The molecule has 1 aromatic rings. The van der Waals surface area contributed by atoms with Crippen molar-refractivity contribution in [2.45, 2.75) is 6.92 Å². The maximum absolute atomic E-state index is 12.5. The van der Waals surface area contributed by atoms with Gasteiger partial charge in [-0.25, -0.2) is 4.39 Å². The first-order valence-electron chi connectivity index (χ1n) is 3.83. The van der Waals surface area contributed by atoms with Crippen LogP contribution < -0.4 is 5.73 Å². The highest BCUT2D eigenvalue weighted by molar-refractivity contribution is 6.04. The second-order valence-electron chi connectivity index (χ2n) is 2.76. The van der Waals surface area contributed by atoms with Crippen molar-refractivity contribution in [3.05, 3.63) is 47.4 Å². The van der Waals surface area contributed by atoms with Crippen molar-refractivity contribution in [1.29, 1.82) is 0 Å². The summed E-state index contributed by atoms with van der Waals surface area (Å²) in [6, 6.07) is 5.34. The van der Waals surface area contributed by atoms with Crippen molar-refractivity contribution >= 4 is 5.78 Å². The third-order valence-electron chi connectivity index (χ3n) is 1.49. The van der Waals surface area contributed by atoms with Gasteiger partial charge in [0.25, 0.3) is 0 Å². The minimum Gasteiger partial charge on any atom is -0.402 e. The maximum Gasteiger partial charge on any atom is 0.187 e. The SMILES string of the molecule is C/C(N)=C\C(=O)c1ccc(F)cc1. The molecule has 0 aliphatic carbocycles. The van der Waals surface area contributed by atoms with Crippen molar-refractivity contribution in [1.82, 2.24) is 0 Å². The molecule has 0 fully saturated rings. The summed E-state index contributed by atoms with van der Waals surface area (Å²) >= 11 is 0. The molecule has 0 aliphatic rings. The van der Waals surface area contributed by atoms with Gasteiger partial charge in [-0.1, -0.05) is 0 Å². The number of ketones is 1. The summed E-state index contributed by atoms with van der Waals surface area (Å²) in [5.74, 6) is -0.565. The van der Waals surface area contributed by atoms with Gasteiger partial charge in [0.2, 0.25) is 0 Å². The van der Waals surface area contributed by atoms with E-state index in [9.17, 15) is 9.18 Å². The zero-order chi connectivity index (χ0) is 9.84. The molecule has 0 unspecified atom stereocenters. The van der Waals surface area contributed by atoms with Gasteiger partial charge in [0.1, 0.15) is 5.82 Å². The first-order chi connectivity index (χ1) is 6.09. The van der Waals surface area contributed by atoms with E-state index in [-0.39, 0.29) is 11.6 Å². The summed E-state index contributed by atoms with van der Waals surface area (Å²) in [6.45, 7) is 1.63. The molecular weight excluding hydrogens is 169 g/mol. The van der Waals surface area contributed by atoms with Crippen LogP contribution in [0.2, 0.25) is 0 Å². The van der Waals surface area contributed by atoms with Crippen LogP contribution in [0.4, 0.5) is 4.39 Å². The van der Waals surface area contributed by atoms with Crippen LogP contribution >= 0.6 is 0 Å². The van der Waals surface area contributed by atoms with Crippen LogP contribution in [0.5, 0.6) is 0 Å². The summed E-state index contributed by atoms with van der Waals surface area (Å²) in [4.78, 5) is 11.3. The number of halogens is 1. The number of hydrogen-bond acceptors (Lipinski definition) is 2. The molecule has 0 saturated carbocycles. The van der Waals surface area contributed by atoms with E-state index in [4.69, 9.17) is 5.73 Å². The summed E-state index contributed by atoms with van der Waals surface area (Å²) in [5.41, 5.74) is 6.20. The minimum absolute atomic E-state index is 0.208. The third kappa shape index (κ3) is 2.71. The van der Waals surface area contributed by atoms with Crippen LogP contribution in [0.1, 0.15) is 17.3 Å². The number of carbonyl (C=O) groups is 1. The number of carbonyl (C=O) groups excluding carboxylic acids is 1. The molecule has 0 amide bonds. The molecule has 0 aliphatic heterocycles. The van der Waals surface area contributed by atoms with Crippen LogP contribution in [0.3, 0.4) is 0 Å². The van der Waals surface area contributed by atoms with E-state index < -0.39 is 0 Å².